The molecule has 0 saturated carbocycles. The Hall–Kier alpha value is -1.36. The monoisotopic (exact) mass is 312 g/mol. The van der Waals surface area contributed by atoms with Crippen molar-refractivity contribution < 1.29 is 4.74 Å². The molecule has 98 valence electrons. The summed E-state index contributed by atoms with van der Waals surface area (Å²) in [4.78, 5) is 4.36. The zero-order chi connectivity index (χ0) is 13.8. The lowest BCUT2D eigenvalue weighted by molar-refractivity contribution is 0.306. The van der Waals surface area contributed by atoms with Crippen molar-refractivity contribution in [1.82, 2.24) is 4.98 Å². The van der Waals surface area contributed by atoms with Crippen LogP contribution < -0.4 is 10.5 Å². The third-order valence-electron chi connectivity index (χ3n) is 2.40. The number of hydrogen-bond acceptors (Lipinski definition) is 3. The highest BCUT2D eigenvalue weighted by Crippen LogP contribution is 2.28. The van der Waals surface area contributed by atoms with E-state index in [4.69, 9.17) is 45.9 Å². The molecular weight excluding hydrogens is 303 g/mol. The molecule has 1 aromatic heterocycles. The molecule has 0 bridgehead atoms. The summed E-state index contributed by atoms with van der Waals surface area (Å²) in [5.41, 5.74) is 6.95. The summed E-state index contributed by atoms with van der Waals surface area (Å²) < 4.78 is 5.62. The lowest BCUT2D eigenvalue weighted by Gasteiger charge is -2.10. The molecule has 2 aromatic rings. The summed E-state index contributed by atoms with van der Waals surface area (Å²) in [6.07, 6.45) is 1.63. The molecule has 0 fully saturated rings. The van der Waals surface area contributed by atoms with Crippen LogP contribution in [0.4, 0.5) is 0 Å². The largest absolute Gasteiger partial charge is 0.487 e. The average Bonchev–Trinajstić information content (AvgIpc) is 2.40. The van der Waals surface area contributed by atoms with Gasteiger partial charge >= 0.3 is 0 Å². The Kier molecular flexibility index (Phi) is 4.58. The van der Waals surface area contributed by atoms with E-state index in [1.807, 2.05) is 6.07 Å². The second-order valence-electron chi connectivity index (χ2n) is 3.74. The van der Waals surface area contributed by atoms with Crippen LogP contribution in [0.2, 0.25) is 10.0 Å². The molecule has 0 radical (unpaired) electrons. The van der Waals surface area contributed by atoms with Crippen LogP contribution in [0.25, 0.3) is 0 Å². The van der Waals surface area contributed by atoms with Crippen LogP contribution in [0.15, 0.2) is 36.5 Å². The van der Waals surface area contributed by atoms with Gasteiger partial charge in [-0.3, -0.25) is 4.98 Å². The van der Waals surface area contributed by atoms with Crippen LogP contribution in [-0.4, -0.2) is 9.97 Å². The number of nitrogens with zero attached hydrogens (tertiary/aromatic N) is 1. The first-order valence-electron chi connectivity index (χ1n) is 5.39. The quantitative estimate of drug-likeness (QED) is 0.876. The first-order chi connectivity index (χ1) is 9.08. The number of hydrogen-bond donors (Lipinski definition) is 1. The first kappa shape index (κ1) is 14.1. The van der Waals surface area contributed by atoms with Crippen molar-refractivity contribution in [3.63, 3.8) is 0 Å². The third-order valence-corrected chi connectivity index (χ3v) is 3.14. The Labute approximate surface area is 126 Å². The van der Waals surface area contributed by atoms with Crippen molar-refractivity contribution >= 4 is 40.4 Å². The van der Waals surface area contributed by atoms with Gasteiger partial charge in [-0.1, -0.05) is 41.5 Å². The highest BCUT2D eigenvalue weighted by atomic mass is 35.5. The van der Waals surface area contributed by atoms with Crippen molar-refractivity contribution in [3.8, 4) is 5.75 Å². The van der Waals surface area contributed by atoms with E-state index in [0.29, 0.717) is 21.5 Å². The fourth-order valence-corrected chi connectivity index (χ4v) is 2.04. The molecule has 0 aliphatic carbocycles. The lowest BCUT2D eigenvalue weighted by atomic mass is 10.2. The fraction of sp³-hybridized carbons (Fsp3) is 0.0769. The lowest BCUT2D eigenvalue weighted by Crippen LogP contribution is -2.15. The van der Waals surface area contributed by atoms with Crippen molar-refractivity contribution in [2.45, 2.75) is 6.61 Å². The normalized spacial score (nSPS) is 10.2. The summed E-state index contributed by atoms with van der Waals surface area (Å²) in [6, 6.07) is 8.67. The van der Waals surface area contributed by atoms with Crippen molar-refractivity contribution in [1.29, 1.82) is 0 Å². The Morgan fingerprint density at radius 1 is 1.32 bits per heavy atom. The number of pyridine rings is 1. The Balaban J connectivity index is 2.19. The minimum Gasteiger partial charge on any atom is -0.487 e. The van der Waals surface area contributed by atoms with Gasteiger partial charge in [0.1, 0.15) is 23.0 Å². The zero-order valence-corrected chi connectivity index (χ0v) is 12.1. The Morgan fingerprint density at radius 2 is 2.11 bits per heavy atom. The zero-order valence-electron chi connectivity index (χ0n) is 9.77. The summed E-state index contributed by atoms with van der Waals surface area (Å²) in [7, 11) is 0. The average molecular weight is 313 g/mol. The maximum Gasteiger partial charge on any atom is 0.139 e. The molecular formula is C13H10Cl2N2OS. The van der Waals surface area contributed by atoms with Gasteiger partial charge in [0, 0.05) is 22.8 Å². The highest BCUT2D eigenvalue weighted by Gasteiger charge is 2.08. The SMILES string of the molecule is NC(=S)c1ncccc1COc1cc(Cl)ccc1Cl. The molecule has 0 aliphatic rings. The van der Waals surface area contributed by atoms with Crippen LogP contribution in [0.1, 0.15) is 11.3 Å². The number of thiocarbonyl (C=S) groups is 1. The van der Waals surface area contributed by atoms with Crippen molar-refractivity contribution in [2.75, 3.05) is 0 Å². The minimum absolute atomic E-state index is 0.233. The number of nitrogens with two attached hydrogens (primary N) is 1. The smallest absolute Gasteiger partial charge is 0.139 e. The number of benzene rings is 1. The second kappa shape index (κ2) is 6.19. The summed E-state index contributed by atoms with van der Waals surface area (Å²) >= 11 is 16.8. The van der Waals surface area contributed by atoms with E-state index in [0.717, 1.165) is 5.56 Å². The highest BCUT2D eigenvalue weighted by molar-refractivity contribution is 7.80. The molecule has 1 aromatic carbocycles. The van der Waals surface area contributed by atoms with Crippen LogP contribution in [0.5, 0.6) is 5.75 Å². The van der Waals surface area contributed by atoms with E-state index < -0.39 is 0 Å². The summed E-state index contributed by atoms with van der Waals surface area (Å²) in [5, 5.41) is 1.05. The second-order valence-corrected chi connectivity index (χ2v) is 5.02. The van der Waals surface area contributed by atoms with E-state index in [9.17, 15) is 0 Å². The molecule has 0 atom stereocenters. The molecule has 0 spiro atoms. The summed E-state index contributed by atoms with van der Waals surface area (Å²) in [5.74, 6) is 0.506. The van der Waals surface area contributed by atoms with Crippen LogP contribution in [0.3, 0.4) is 0 Å². The van der Waals surface area contributed by atoms with Gasteiger partial charge in [-0.15, -0.1) is 0 Å². The predicted octanol–water partition coefficient (Wildman–Crippen LogP) is 3.60. The standard InChI is InChI=1S/C13H10Cl2N2OS/c14-9-3-4-10(15)11(6-9)18-7-8-2-1-5-17-12(8)13(16)19/h1-6H,7H2,(H2,16,19). The maximum atomic E-state index is 6.02. The van der Waals surface area contributed by atoms with Gasteiger partial charge in [-0.2, -0.15) is 0 Å². The van der Waals surface area contributed by atoms with E-state index in [-0.39, 0.29) is 11.6 Å². The summed E-state index contributed by atoms with van der Waals surface area (Å²) in [6.45, 7) is 0.264. The Bertz CT molecular complexity index is 619. The molecule has 6 heteroatoms. The molecule has 0 saturated heterocycles. The minimum atomic E-state index is 0.233. The van der Waals surface area contributed by atoms with Gasteiger partial charge in [0.05, 0.1) is 5.02 Å². The molecule has 2 rings (SSSR count). The van der Waals surface area contributed by atoms with E-state index in [2.05, 4.69) is 4.98 Å². The van der Waals surface area contributed by atoms with E-state index >= 15 is 0 Å². The Morgan fingerprint density at radius 3 is 2.84 bits per heavy atom. The van der Waals surface area contributed by atoms with Crippen LogP contribution in [-0.2, 0) is 6.61 Å². The molecule has 19 heavy (non-hydrogen) atoms. The van der Waals surface area contributed by atoms with Crippen LogP contribution >= 0.6 is 35.4 Å². The first-order valence-corrected chi connectivity index (χ1v) is 6.56. The molecule has 2 N–H and O–H groups in total. The topological polar surface area (TPSA) is 48.1 Å². The van der Waals surface area contributed by atoms with E-state index in [1.54, 1.807) is 30.5 Å². The van der Waals surface area contributed by atoms with Gasteiger partial charge in [0.2, 0.25) is 0 Å². The molecule has 0 unspecified atom stereocenters. The third kappa shape index (κ3) is 3.56. The number of aromatic nitrogens is 1. The molecule has 1 heterocycles. The van der Waals surface area contributed by atoms with E-state index in [1.165, 1.54) is 0 Å². The fourth-order valence-electron chi connectivity index (χ4n) is 1.52. The number of ether oxygens (including phenoxy) is 1. The predicted molar refractivity (Wildman–Crippen MR) is 80.9 cm³/mol. The molecule has 0 aliphatic heterocycles. The molecule has 3 nitrogen and oxygen atoms in total. The number of rotatable bonds is 4. The molecule has 0 amide bonds. The van der Waals surface area contributed by atoms with Crippen molar-refractivity contribution in [2.24, 2.45) is 5.73 Å². The van der Waals surface area contributed by atoms with Gasteiger partial charge in [0.25, 0.3) is 0 Å². The van der Waals surface area contributed by atoms with Crippen molar-refractivity contribution in [3.05, 3.63) is 57.8 Å². The van der Waals surface area contributed by atoms with Gasteiger partial charge < -0.3 is 10.5 Å². The van der Waals surface area contributed by atoms with Gasteiger partial charge in [-0.25, -0.2) is 0 Å². The maximum absolute atomic E-state index is 6.02. The van der Waals surface area contributed by atoms with Crippen LogP contribution in [0, 0.1) is 0 Å². The van der Waals surface area contributed by atoms with Gasteiger partial charge in [-0.05, 0) is 18.2 Å². The number of halogens is 2. The van der Waals surface area contributed by atoms with Gasteiger partial charge in [0.15, 0.2) is 0 Å².